The molecule has 1 aromatic rings. The van der Waals surface area contributed by atoms with E-state index in [1.807, 2.05) is 32.9 Å². The second-order valence-corrected chi connectivity index (χ2v) is 5.84. The quantitative estimate of drug-likeness (QED) is 0.812. The standard InChI is InChI=1S/C15H23ClN2O2/c1-10(2)8-18-15(19)9-20-14-5-4-12(6-11(3)17)7-13(14)16/h4-5,7,10-11H,6,8-9,17H2,1-3H3,(H,18,19). The van der Waals surface area contributed by atoms with Crippen LogP contribution in [0.3, 0.4) is 0 Å². The third kappa shape index (κ3) is 6.26. The lowest BCUT2D eigenvalue weighted by molar-refractivity contribution is -0.123. The number of hydrogen-bond donors (Lipinski definition) is 2. The summed E-state index contributed by atoms with van der Waals surface area (Å²) in [5, 5.41) is 3.29. The summed E-state index contributed by atoms with van der Waals surface area (Å²) in [5.74, 6) is 0.786. The SMILES string of the molecule is CC(C)CNC(=O)COc1ccc(CC(C)N)cc1Cl. The maximum Gasteiger partial charge on any atom is 0.257 e. The predicted molar refractivity (Wildman–Crippen MR) is 82.1 cm³/mol. The fourth-order valence-corrected chi connectivity index (χ4v) is 1.93. The Balaban J connectivity index is 2.50. The number of nitrogens with one attached hydrogen (secondary N) is 1. The highest BCUT2D eigenvalue weighted by Crippen LogP contribution is 2.25. The largest absolute Gasteiger partial charge is 0.482 e. The van der Waals surface area contributed by atoms with Gasteiger partial charge in [0, 0.05) is 12.6 Å². The molecule has 0 radical (unpaired) electrons. The van der Waals surface area contributed by atoms with Gasteiger partial charge >= 0.3 is 0 Å². The number of carbonyl (C=O) groups excluding carboxylic acids is 1. The highest BCUT2D eigenvalue weighted by Gasteiger charge is 2.08. The minimum Gasteiger partial charge on any atom is -0.482 e. The van der Waals surface area contributed by atoms with Gasteiger partial charge in [-0.15, -0.1) is 0 Å². The Morgan fingerprint density at radius 1 is 1.40 bits per heavy atom. The lowest BCUT2D eigenvalue weighted by Gasteiger charge is -2.11. The van der Waals surface area contributed by atoms with Crippen LogP contribution in [0.2, 0.25) is 5.02 Å². The maximum absolute atomic E-state index is 11.5. The van der Waals surface area contributed by atoms with Gasteiger partial charge in [0.2, 0.25) is 0 Å². The minimum atomic E-state index is -0.144. The summed E-state index contributed by atoms with van der Waals surface area (Å²) in [6.45, 7) is 6.63. The predicted octanol–water partition coefficient (Wildman–Crippen LogP) is 2.38. The molecule has 1 amide bonds. The number of carbonyl (C=O) groups is 1. The van der Waals surface area contributed by atoms with Gasteiger partial charge in [-0.05, 0) is 37.0 Å². The van der Waals surface area contributed by atoms with Crippen molar-refractivity contribution in [1.82, 2.24) is 5.32 Å². The molecule has 0 fully saturated rings. The van der Waals surface area contributed by atoms with Gasteiger partial charge in [-0.2, -0.15) is 0 Å². The van der Waals surface area contributed by atoms with Crippen LogP contribution in [-0.4, -0.2) is 25.1 Å². The van der Waals surface area contributed by atoms with E-state index in [2.05, 4.69) is 5.32 Å². The third-order valence-electron chi connectivity index (χ3n) is 2.62. The van der Waals surface area contributed by atoms with E-state index in [-0.39, 0.29) is 18.6 Å². The van der Waals surface area contributed by atoms with Gasteiger partial charge in [0.1, 0.15) is 5.75 Å². The van der Waals surface area contributed by atoms with Gasteiger partial charge in [0.05, 0.1) is 5.02 Å². The summed E-state index contributed by atoms with van der Waals surface area (Å²) in [7, 11) is 0. The molecule has 1 atom stereocenters. The Morgan fingerprint density at radius 3 is 2.65 bits per heavy atom. The van der Waals surface area contributed by atoms with Crippen LogP contribution in [0, 0.1) is 5.92 Å². The monoisotopic (exact) mass is 298 g/mol. The second-order valence-electron chi connectivity index (χ2n) is 5.43. The van der Waals surface area contributed by atoms with Crippen LogP contribution in [0.15, 0.2) is 18.2 Å². The maximum atomic E-state index is 11.5. The average molecular weight is 299 g/mol. The normalized spacial score (nSPS) is 12.3. The van der Waals surface area contributed by atoms with E-state index in [0.717, 1.165) is 12.0 Å². The molecule has 20 heavy (non-hydrogen) atoms. The Hall–Kier alpha value is -1.26. The summed E-state index contributed by atoms with van der Waals surface area (Å²) in [6, 6.07) is 5.60. The fraction of sp³-hybridized carbons (Fsp3) is 0.533. The minimum absolute atomic E-state index is 0.0287. The van der Waals surface area contributed by atoms with Crippen LogP contribution in [0.1, 0.15) is 26.3 Å². The number of amides is 1. The second kappa shape index (κ2) is 8.12. The van der Waals surface area contributed by atoms with E-state index in [9.17, 15) is 4.79 Å². The van der Waals surface area contributed by atoms with Gasteiger partial charge in [-0.3, -0.25) is 4.79 Å². The van der Waals surface area contributed by atoms with Crippen LogP contribution >= 0.6 is 11.6 Å². The molecule has 0 heterocycles. The first-order valence-electron chi connectivity index (χ1n) is 6.82. The zero-order valence-electron chi connectivity index (χ0n) is 12.3. The summed E-state index contributed by atoms with van der Waals surface area (Å²) in [4.78, 5) is 11.5. The molecule has 0 saturated heterocycles. The molecule has 0 aliphatic carbocycles. The van der Waals surface area contributed by atoms with Gasteiger partial charge in [-0.1, -0.05) is 31.5 Å². The Labute approximate surface area is 125 Å². The lowest BCUT2D eigenvalue weighted by atomic mass is 10.1. The van der Waals surface area contributed by atoms with E-state index in [1.54, 1.807) is 6.07 Å². The number of rotatable bonds is 7. The number of ether oxygens (including phenoxy) is 1. The van der Waals surface area contributed by atoms with Crippen LogP contribution in [0.5, 0.6) is 5.75 Å². The lowest BCUT2D eigenvalue weighted by Crippen LogP contribution is -2.31. The first-order chi connectivity index (χ1) is 9.38. The van der Waals surface area contributed by atoms with Gasteiger partial charge in [0.25, 0.3) is 5.91 Å². The Morgan fingerprint density at radius 2 is 2.10 bits per heavy atom. The molecule has 1 rings (SSSR count). The van der Waals surface area contributed by atoms with Crippen molar-refractivity contribution in [1.29, 1.82) is 0 Å². The van der Waals surface area contributed by atoms with Crippen molar-refractivity contribution in [2.75, 3.05) is 13.2 Å². The average Bonchev–Trinajstić information content (AvgIpc) is 2.34. The van der Waals surface area contributed by atoms with Gasteiger partial charge < -0.3 is 15.8 Å². The molecule has 4 nitrogen and oxygen atoms in total. The number of nitrogens with two attached hydrogens (primary N) is 1. The van der Waals surface area contributed by atoms with Crippen LogP contribution in [0.25, 0.3) is 0 Å². The van der Waals surface area contributed by atoms with Gasteiger partial charge in [0.15, 0.2) is 6.61 Å². The highest BCUT2D eigenvalue weighted by molar-refractivity contribution is 6.32. The fourth-order valence-electron chi connectivity index (χ4n) is 1.67. The number of hydrogen-bond acceptors (Lipinski definition) is 3. The smallest absolute Gasteiger partial charge is 0.257 e. The first kappa shape index (κ1) is 16.8. The van der Waals surface area contributed by atoms with Crippen molar-refractivity contribution in [3.63, 3.8) is 0 Å². The van der Waals surface area contributed by atoms with Crippen molar-refractivity contribution >= 4 is 17.5 Å². The van der Waals surface area contributed by atoms with E-state index >= 15 is 0 Å². The highest BCUT2D eigenvalue weighted by atomic mass is 35.5. The van der Waals surface area contributed by atoms with E-state index < -0.39 is 0 Å². The molecule has 3 N–H and O–H groups in total. The van der Waals surface area contributed by atoms with Crippen molar-refractivity contribution in [3.05, 3.63) is 28.8 Å². The van der Waals surface area contributed by atoms with Crippen molar-refractivity contribution in [3.8, 4) is 5.75 Å². The molecule has 0 spiro atoms. The topological polar surface area (TPSA) is 64.3 Å². The summed E-state index contributed by atoms with van der Waals surface area (Å²) < 4.78 is 5.42. The molecule has 0 aliphatic rings. The molecule has 0 bridgehead atoms. The van der Waals surface area contributed by atoms with E-state index in [1.165, 1.54) is 0 Å². The molecule has 112 valence electrons. The molecule has 0 saturated carbocycles. The molecule has 5 heteroatoms. The molecular weight excluding hydrogens is 276 g/mol. The zero-order valence-corrected chi connectivity index (χ0v) is 13.0. The summed E-state index contributed by atoms with van der Waals surface area (Å²) in [6.07, 6.45) is 0.759. The van der Waals surface area contributed by atoms with Gasteiger partial charge in [-0.25, -0.2) is 0 Å². The van der Waals surface area contributed by atoms with Crippen molar-refractivity contribution in [2.24, 2.45) is 11.7 Å². The van der Waals surface area contributed by atoms with Crippen LogP contribution < -0.4 is 15.8 Å². The van der Waals surface area contributed by atoms with Crippen molar-refractivity contribution < 1.29 is 9.53 Å². The zero-order chi connectivity index (χ0) is 15.1. The molecule has 1 aromatic carbocycles. The summed E-state index contributed by atoms with van der Waals surface area (Å²) in [5.41, 5.74) is 6.80. The molecule has 0 aromatic heterocycles. The molecule has 0 aliphatic heterocycles. The van der Waals surface area contributed by atoms with Crippen LogP contribution in [0.4, 0.5) is 0 Å². The third-order valence-corrected chi connectivity index (χ3v) is 2.92. The van der Waals surface area contributed by atoms with Crippen LogP contribution in [-0.2, 0) is 11.2 Å². The number of halogens is 1. The Bertz CT molecular complexity index is 447. The number of benzene rings is 1. The first-order valence-corrected chi connectivity index (χ1v) is 7.19. The van der Waals surface area contributed by atoms with E-state index in [4.69, 9.17) is 22.1 Å². The molecule has 1 unspecified atom stereocenters. The van der Waals surface area contributed by atoms with E-state index in [0.29, 0.717) is 23.2 Å². The molecular formula is C15H23ClN2O2. The van der Waals surface area contributed by atoms with Crippen molar-refractivity contribution in [2.45, 2.75) is 33.2 Å². The summed E-state index contributed by atoms with van der Waals surface area (Å²) >= 11 is 6.13. The Kier molecular flexibility index (Phi) is 6.82.